The first kappa shape index (κ1) is 11.7. The van der Waals surface area contributed by atoms with Crippen molar-refractivity contribution in [2.45, 2.75) is 18.9 Å². The molecule has 5 heteroatoms. The summed E-state index contributed by atoms with van der Waals surface area (Å²) in [6, 6.07) is 3.23. The zero-order chi connectivity index (χ0) is 12.9. The second kappa shape index (κ2) is 3.82. The summed E-state index contributed by atoms with van der Waals surface area (Å²) in [5, 5.41) is 19.3. The van der Waals surface area contributed by atoms with E-state index in [9.17, 15) is 15.0 Å². The minimum absolute atomic E-state index is 0.0828. The molecular weight excluding hydrogens is 250 g/mol. The maximum absolute atomic E-state index is 12.0. The summed E-state index contributed by atoms with van der Waals surface area (Å²) < 4.78 is 0. The third-order valence-corrected chi connectivity index (χ3v) is 5.11. The molecule has 4 nitrogen and oxygen atoms in total. The lowest BCUT2D eigenvalue weighted by Gasteiger charge is -2.48. The number of aromatic hydroxyl groups is 2. The van der Waals surface area contributed by atoms with Crippen LogP contribution in [0.25, 0.3) is 0 Å². The lowest BCUT2D eigenvalue weighted by molar-refractivity contribution is -0.135. The summed E-state index contributed by atoms with van der Waals surface area (Å²) in [6.45, 7) is 2.72. The molecule has 1 unspecified atom stereocenters. The molecule has 1 atom stereocenters. The third kappa shape index (κ3) is 1.50. The van der Waals surface area contributed by atoms with Crippen LogP contribution in [0.1, 0.15) is 18.1 Å². The van der Waals surface area contributed by atoms with Crippen LogP contribution < -0.4 is 0 Å². The summed E-state index contributed by atoms with van der Waals surface area (Å²) in [5.41, 5.74) is 1.63. The molecule has 2 aliphatic rings. The average molecular weight is 265 g/mol. The van der Waals surface area contributed by atoms with E-state index in [4.69, 9.17) is 0 Å². The minimum Gasteiger partial charge on any atom is -0.504 e. The number of thioether (sulfide) groups is 1. The highest BCUT2D eigenvalue weighted by molar-refractivity contribution is 8.00. The quantitative estimate of drug-likeness (QED) is 0.697. The van der Waals surface area contributed by atoms with Gasteiger partial charge >= 0.3 is 0 Å². The van der Waals surface area contributed by atoms with Gasteiger partial charge in [0.15, 0.2) is 11.5 Å². The summed E-state index contributed by atoms with van der Waals surface area (Å²) in [5.74, 6) is 1.33. The molecule has 0 spiro atoms. The highest BCUT2D eigenvalue weighted by Gasteiger charge is 2.44. The van der Waals surface area contributed by atoms with Crippen LogP contribution >= 0.6 is 11.8 Å². The third-order valence-electron chi connectivity index (χ3n) is 3.89. The molecule has 1 amide bonds. The molecule has 2 N–H and O–H groups in total. The average Bonchev–Trinajstić information content (AvgIpc) is 2.31. The van der Waals surface area contributed by atoms with Crippen molar-refractivity contribution >= 4 is 17.7 Å². The van der Waals surface area contributed by atoms with E-state index in [1.807, 2.05) is 11.8 Å². The molecule has 1 aromatic rings. The second-order valence-electron chi connectivity index (χ2n) is 5.06. The van der Waals surface area contributed by atoms with E-state index in [2.05, 4.69) is 0 Å². The van der Waals surface area contributed by atoms with Crippen LogP contribution in [0.3, 0.4) is 0 Å². The van der Waals surface area contributed by atoms with Gasteiger partial charge in [0.25, 0.3) is 0 Å². The van der Waals surface area contributed by atoms with Gasteiger partial charge in [0.2, 0.25) is 5.91 Å². The van der Waals surface area contributed by atoms with Crippen LogP contribution in [0.5, 0.6) is 11.5 Å². The van der Waals surface area contributed by atoms with Crippen molar-refractivity contribution in [2.75, 3.05) is 18.1 Å². The number of carbonyl (C=O) groups excluding carboxylic acids is 1. The number of nitrogens with zero attached hydrogens (tertiary/aromatic N) is 1. The van der Waals surface area contributed by atoms with E-state index in [0.29, 0.717) is 12.3 Å². The molecule has 1 saturated heterocycles. The zero-order valence-electron chi connectivity index (χ0n) is 10.1. The van der Waals surface area contributed by atoms with E-state index in [0.717, 1.165) is 23.3 Å². The topological polar surface area (TPSA) is 60.8 Å². The van der Waals surface area contributed by atoms with Crippen LogP contribution in [0.15, 0.2) is 12.1 Å². The van der Waals surface area contributed by atoms with E-state index >= 15 is 0 Å². The molecule has 0 aliphatic carbocycles. The largest absolute Gasteiger partial charge is 0.504 e. The lowest BCUT2D eigenvalue weighted by atomic mass is 9.82. The Labute approximate surface area is 110 Å². The normalized spacial score (nSPS) is 26.7. The van der Waals surface area contributed by atoms with Gasteiger partial charge in [-0.3, -0.25) is 4.79 Å². The number of amides is 1. The van der Waals surface area contributed by atoms with E-state index in [1.54, 1.807) is 23.9 Å². The van der Waals surface area contributed by atoms with Gasteiger partial charge in [-0.2, -0.15) is 0 Å². The standard InChI is InChI=1S/C13H15NO3S/c1-13-7-18-6-12(17)14(13)3-2-8-4-10(15)11(16)5-9(8)13/h4-5,15-16H,2-3,6-7H2,1H3. The number of rotatable bonds is 0. The van der Waals surface area contributed by atoms with Crippen molar-refractivity contribution in [1.29, 1.82) is 0 Å². The van der Waals surface area contributed by atoms with Crippen molar-refractivity contribution in [1.82, 2.24) is 4.90 Å². The highest BCUT2D eigenvalue weighted by atomic mass is 32.2. The van der Waals surface area contributed by atoms with Gasteiger partial charge in [-0.1, -0.05) is 0 Å². The Morgan fingerprint density at radius 2 is 2.06 bits per heavy atom. The summed E-state index contributed by atoms with van der Waals surface area (Å²) in [4.78, 5) is 13.9. The van der Waals surface area contributed by atoms with Gasteiger partial charge < -0.3 is 15.1 Å². The molecule has 2 heterocycles. The Kier molecular flexibility index (Phi) is 2.48. The predicted octanol–water partition coefficient (Wildman–Crippen LogP) is 1.44. The fraction of sp³-hybridized carbons (Fsp3) is 0.462. The zero-order valence-corrected chi connectivity index (χ0v) is 11.0. The fourth-order valence-corrected chi connectivity index (χ4v) is 4.06. The number of carbonyl (C=O) groups is 1. The highest BCUT2D eigenvalue weighted by Crippen LogP contribution is 2.44. The number of phenols is 2. The molecule has 1 aromatic carbocycles. The Morgan fingerprint density at radius 1 is 1.33 bits per heavy atom. The van der Waals surface area contributed by atoms with Crippen LogP contribution in [0.4, 0.5) is 0 Å². The number of benzene rings is 1. The molecule has 1 fully saturated rings. The van der Waals surface area contributed by atoms with Crippen molar-refractivity contribution in [2.24, 2.45) is 0 Å². The molecule has 3 rings (SSSR count). The predicted molar refractivity (Wildman–Crippen MR) is 69.9 cm³/mol. The van der Waals surface area contributed by atoms with Crippen molar-refractivity contribution < 1.29 is 15.0 Å². The van der Waals surface area contributed by atoms with Crippen LogP contribution in [-0.2, 0) is 16.8 Å². The maximum Gasteiger partial charge on any atom is 0.233 e. The number of hydrogen-bond donors (Lipinski definition) is 2. The van der Waals surface area contributed by atoms with Crippen LogP contribution in [0.2, 0.25) is 0 Å². The molecule has 2 aliphatic heterocycles. The molecule has 0 saturated carbocycles. The van der Waals surface area contributed by atoms with Crippen LogP contribution in [-0.4, -0.2) is 39.1 Å². The summed E-state index contributed by atoms with van der Waals surface area (Å²) >= 11 is 1.63. The second-order valence-corrected chi connectivity index (χ2v) is 6.05. The van der Waals surface area contributed by atoms with Crippen molar-refractivity contribution in [3.05, 3.63) is 23.3 Å². The van der Waals surface area contributed by atoms with Gasteiger partial charge in [-0.25, -0.2) is 0 Å². The first-order valence-electron chi connectivity index (χ1n) is 5.96. The first-order chi connectivity index (χ1) is 8.52. The van der Waals surface area contributed by atoms with Gasteiger partial charge in [0.05, 0.1) is 11.3 Å². The smallest absolute Gasteiger partial charge is 0.233 e. The summed E-state index contributed by atoms with van der Waals surface area (Å²) in [6.07, 6.45) is 0.731. The number of fused-ring (bicyclic) bond motifs is 3. The van der Waals surface area contributed by atoms with Crippen molar-refractivity contribution in [3.8, 4) is 11.5 Å². The van der Waals surface area contributed by atoms with Crippen molar-refractivity contribution in [3.63, 3.8) is 0 Å². The Morgan fingerprint density at radius 3 is 2.83 bits per heavy atom. The molecule has 0 aromatic heterocycles. The van der Waals surface area contributed by atoms with Gasteiger partial charge in [-0.15, -0.1) is 11.8 Å². The minimum atomic E-state index is -0.362. The Bertz CT molecular complexity index is 531. The van der Waals surface area contributed by atoms with E-state index in [1.165, 1.54) is 0 Å². The maximum atomic E-state index is 12.0. The lowest BCUT2D eigenvalue weighted by Crippen LogP contribution is -2.56. The molecular formula is C13H15NO3S. The first-order valence-corrected chi connectivity index (χ1v) is 7.11. The molecule has 18 heavy (non-hydrogen) atoms. The molecule has 0 radical (unpaired) electrons. The van der Waals surface area contributed by atoms with E-state index < -0.39 is 0 Å². The Hall–Kier alpha value is -1.36. The monoisotopic (exact) mass is 265 g/mol. The van der Waals surface area contributed by atoms with Gasteiger partial charge in [0, 0.05) is 12.3 Å². The fourth-order valence-electron chi connectivity index (χ4n) is 2.92. The number of phenolic OH excluding ortho intramolecular Hbond substituents is 2. The SMILES string of the molecule is CC12CSCC(=O)N1CCc1cc(O)c(O)cc12. The van der Waals surface area contributed by atoms with Gasteiger partial charge in [0.1, 0.15) is 0 Å². The number of hydrogen-bond acceptors (Lipinski definition) is 4. The molecule has 0 bridgehead atoms. The summed E-state index contributed by atoms with van der Waals surface area (Å²) in [7, 11) is 0. The Balaban J connectivity index is 2.15. The van der Waals surface area contributed by atoms with E-state index in [-0.39, 0.29) is 22.9 Å². The van der Waals surface area contributed by atoms with Gasteiger partial charge in [-0.05, 0) is 36.6 Å². The molecule has 96 valence electrons. The van der Waals surface area contributed by atoms with Crippen LogP contribution in [0, 0.1) is 0 Å².